The van der Waals surface area contributed by atoms with Gasteiger partial charge in [0.2, 0.25) is 10.0 Å². The molecule has 0 spiro atoms. The summed E-state index contributed by atoms with van der Waals surface area (Å²) in [6.07, 6.45) is -0.344. The predicted octanol–water partition coefficient (Wildman–Crippen LogP) is 3.54. The quantitative estimate of drug-likeness (QED) is 0.328. The molecule has 0 fully saturated rings. The summed E-state index contributed by atoms with van der Waals surface area (Å²) in [4.78, 5) is 24.9. The SMILES string of the molecule is COc1ccc(C(CC(=O)OCC(=O)c2ccccc2)NS(=O)(=O)c2ccccc2)cc1OC. The Morgan fingerprint density at radius 2 is 1.47 bits per heavy atom. The Morgan fingerprint density at radius 1 is 0.853 bits per heavy atom. The number of carbonyl (C=O) groups is 2. The van der Waals surface area contributed by atoms with E-state index in [1.54, 1.807) is 66.7 Å². The van der Waals surface area contributed by atoms with E-state index in [2.05, 4.69) is 4.72 Å². The number of ketones is 1. The van der Waals surface area contributed by atoms with E-state index in [1.807, 2.05) is 0 Å². The molecule has 0 aromatic heterocycles. The van der Waals surface area contributed by atoms with Crippen molar-refractivity contribution in [1.29, 1.82) is 0 Å². The van der Waals surface area contributed by atoms with E-state index in [4.69, 9.17) is 14.2 Å². The standard InChI is InChI=1S/C25H25NO7S/c1-31-23-14-13-19(15-24(23)32-2)21(26-34(29,30)20-11-7-4-8-12-20)16-25(28)33-17-22(27)18-9-5-3-6-10-18/h3-15,21,26H,16-17H2,1-2H3. The van der Waals surface area contributed by atoms with Crippen molar-refractivity contribution in [3.63, 3.8) is 0 Å². The van der Waals surface area contributed by atoms with Crippen molar-refractivity contribution in [2.45, 2.75) is 17.4 Å². The van der Waals surface area contributed by atoms with Gasteiger partial charge in [-0.25, -0.2) is 13.1 Å². The van der Waals surface area contributed by atoms with Crippen LogP contribution in [0.25, 0.3) is 0 Å². The summed E-state index contributed by atoms with van der Waals surface area (Å²) < 4.78 is 44.2. The van der Waals surface area contributed by atoms with Crippen molar-refractivity contribution < 1.29 is 32.2 Å². The molecule has 34 heavy (non-hydrogen) atoms. The number of hydrogen-bond acceptors (Lipinski definition) is 7. The van der Waals surface area contributed by atoms with Crippen LogP contribution in [0.15, 0.2) is 83.8 Å². The molecule has 9 heteroatoms. The largest absolute Gasteiger partial charge is 0.493 e. The van der Waals surface area contributed by atoms with Crippen molar-refractivity contribution in [3.8, 4) is 11.5 Å². The molecule has 3 rings (SSSR count). The summed E-state index contributed by atoms with van der Waals surface area (Å²) in [7, 11) is -1.03. The van der Waals surface area contributed by atoms with Crippen LogP contribution in [0.4, 0.5) is 0 Å². The first-order valence-electron chi connectivity index (χ1n) is 10.4. The van der Waals surface area contributed by atoms with Crippen LogP contribution in [0.3, 0.4) is 0 Å². The van der Waals surface area contributed by atoms with Crippen LogP contribution in [0.5, 0.6) is 11.5 Å². The summed E-state index contributed by atoms with van der Waals surface area (Å²) >= 11 is 0. The number of hydrogen-bond donors (Lipinski definition) is 1. The molecule has 178 valence electrons. The molecule has 0 bridgehead atoms. The van der Waals surface area contributed by atoms with Gasteiger partial charge in [-0.05, 0) is 29.8 Å². The maximum absolute atomic E-state index is 13.0. The van der Waals surface area contributed by atoms with E-state index in [0.717, 1.165) is 0 Å². The molecule has 1 N–H and O–H groups in total. The molecule has 0 radical (unpaired) electrons. The monoisotopic (exact) mass is 483 g/mol. The van der Waals surface area contributed by atoms with Crippen LogP contribution in [-0.4, -0.2) is 41.0 Å². The highest BCUT2D eigenvalue weighted by atomic mass is 32.2. The molecule has 8 nitrogen and oxygen atoms in total. The Balaban J connectivity index is 1.81. The zero-order chi connectivity index (χ0) is 24.6. The highest BCUT2D eigenvalue weighted by Gasteiger charge is 2.26. The molecular formula is C25H25NO7S. The van der Waals surface area contributed by atoms with Crippen molar-refractivity contribution >= 4 is 21.8 Å². The third-order valence-electron chi connectivity index (χ3n) is 4.99. The Labute approximate surface area is 198 Å². The van der Waals surface area contributed by atoms with Crippen LogP contribution in [0.1, 0.15) is 28.4 Å². The minimum Gasteiger partial charge on any atom is -0.493 e. The van der Waals surface area contributed by atoms with Gasteiger partial charge in [-0.15, -0.1) is 0 Å². The van der Waals surface area contributed by atoms with E-state index in [-0.39, 0.29) is 17.1 Å². The summed E-state index contributed by atoms with van der Waals surface area (Å²) in [6, 6.07) is 20.1. The lowest BCUT2D eigenvalue weighted by molar-refractivity contribution is -0.143. The lowest BCUT2D eigenvalue weighted by Crippen LogP contribution is -2.31. The third kappa shape index (κ3) is 6.43. The topological polar surface area (TPSA) is 108 Å². The van der Waals surface area contributed by atoms with Crippen molar-refractivity contribution in [2.24, 2.45) is 0 Å². The summed E-state index contributed by atoms with van der Waals surface area (Å²) in [5.41, 5.74) is 0.875. The van der Waals surface area contributed by atoms with Gasteiger partial charge in [-0.1, -0.05) is 54.6 Å². The van der Waals surface area contributed by atoms with Gasteiger partial charge in [0.25, 0.3) is 0 Å². The first-order valence-corrected chi connectivity index (χ1v) is 11.9. The zero-order valence-corrected chi connectivity index (χ0v) is 19.6. The summed E-state index contributed by atoms with van der Waals surface area (Å²) in [5.74, 6) is -0.273. The average Bonchev–Trinajstić information content (AvgIpc) is 2.87. The van der Waals surface area contributed by atoms with E-state index >= 15 is 0 Å². The highest BCUT2D eigenvalue weighted by molar-refractivity contribution is 7.89. The number of ether oxygens (including phenoxy) is 3. The first kappa shape index (κ1) is 24.9. The van der Waals surface area contributed by atoms with Crippen LogP contribution in [0.2, 0.25) is 0 Å². The molecule has 3 aromatic carbocycles. The van der Waals surface area contributed by atoms with Gasteiger partial charge >= 0.3 is 5.97 Å². The van der Waals surface area contributed by atoms with Gasteiger partial charge in [-0.3, -0.25) is 9.59 Å². The maximum atomic E-state index is 13.0. The fraction of sp³-hybridized carbons (Fsp3) is 0.200. The molecule has 0 aliphatic heterocycles. The molecule has 1 unspecified atom stereocenters. The molecule has 0 saturated carbocycles. The molecule has 0 saturated heterocycles. The lowest BCUT2D eigenvalue weighted by Gasteiger charge is -2.20. The van der Waals surface area contributed by atoms with E-state index in [9.17, 15) is 18.0 Å². The first-order chi connectivity index (χ1) is 16.3. The minimum absolute atomic E-state index is 0.0492. The summed E-state index contributed by atoms with van der Waals surface area (Å²) in [5, 5.41) is 0. The lowest BCUT2D eigenvalue weighted by atomic mass is 10.0. The van der Waals surface area contributed by atoms with Crippen LogP contribution < -0.4 is 14.2 Å². The van der Waals surface area contributed by atoms with Gasteiger partial charge in [-0.2, -0.15) is 0 Å². The van der Waals surface area contributed by atoms with E-state index in [0.29, 0.717) is 22.6 Å². The van der Waals surface area contributed by atoms with Gasteiger partial charge in [0, 0.05) is 5.56 Å². The Morgan fingerprint density at radius 3 is 2.09 bits per heavy atom. The minimum atomic E-state index is -3.96. The van der Waals surface area contributed by atoms with Crippen LogP contribution in [0, 0.1) is 0 Å². The molecular weight excluding hydrogens is 458 g/mol. The predicted molar refractivity (Wildman–Crippen MR) is 125 cm³/mol. The second-order valence-corrected chi connectivity index (χ2v) is 8.97. The average molecular weight is 484 g/mol. The molecule has 0 aliphatic carbocycles. The fourth-order valence-electron chi connectivity index (χ4n) is 3.23. The second-order valence-electron chi connectivity index (χ2n) is 7.26. The van der Waals surface area contributed by atoms with Gasteiger partial charge < -0.3 is 14.2 Å². The third-order valence-corrected chi connectivity index (χ3v) is 6.48. The van der Waals surface area contributed by atoms with Crippen molar-refractivity contribution in [2.75, 3.05) is 20.8 Å². The van der Waals surface area contributed by atoms with Gasteiger partial charge in [0.05, 0.1) is 31.6 Å². The number of rotatable bonds is 11. The van der Waals surface area contributed by atoms with Crippen molar-refractivity contribution in [3.05, 3.63) is 90.0 Å². The van der Waals surface area contributed by atoms with Crippen LogP contribution >= 0.6 is 0 Å². The van der Waals surface area contributed by atoms with Gasteiger partial charge in [0.1, 0.15) is 0 Å². The number of carbonyl (C=O) groups excluding carboxylic acids is 2. The summed E-state index contributed by atoms with van der Waals surface area (Å²) in [6.45, 7) is -0.451. The number of Topliss-reactive ketones (excluding diaryl/α,β-unsaturated/α-hetero) is 1. The molecule has 3 aromatic rings. The van der Waals surface area contributed by atoms with E-state index in [1.165, 1.54) is 26.4 Å². The van der Waals surface area contributed by atoms with Gasteiger partial charge in [0.15, 0.2) is 23.9 Å². The molecule has 0 aliphatic rings. The number of nitrogens with one attached hydrogen (secondary N) is 1. The second kappa shape index (κ2) is 11.4. The fourth-order valence-corrected chi connectivity index (χ4v) is 4.48. The smallest absolute Gasteiger partial charge is 0.308 e. The zero-order valence-electron chi connectivity index (χ0n) is 18.8. The number of sulfonamides is 1. The normalized spacial score (nSPS) is 11.9. The number of methoxy groups -OCH3 is 2. The molecule has 0 heterocycles. The molecule has 0 amide bonds. The Bertz CT molecular complexity index is 1230. The Kier molecular flexibility index (Phi) is 8.39. The molecule has 1 atom stereocenters. The van der Waals surface area contributed by atoms with Crippen LogP contribution in [-0.2, 0) is 19.6 Å². The Hall–Kier alpha value is -3.69. The number of esters is 1. The van der Waals surface area contributed by atoms with E-state index < -0.39 is 28.6 Å². The van der Waals surface area contributed by atoms with Crippen molar-refractivity contribution in [1.82, 2.24) is 4.72 Å². The number of benzene rings is 3. The highest BCUT2D eigenvalue weighted by Crippen LogP contribution is 2.31. The maximum Gasteiger partial charge on any atom is 0.308 e.